The van der Waals surface area contributed by atoms with Crippen LogP contribution in [0.25, 0.3) is 10.2 Å². The van der Waals surface area contributed by atoms with Crippen LogP contribution in [0.3, 0.4) is 0 Å². The number of rotatable bonds is 4. The Kier molecular flexibility index (Phi) is 5.22. The van der Waals surface area contributed by atoms with E-state index in [-0.39, 0.29) is 12.1 Å². The van der Waals surface area contributed by atoms with Crippen LogP contribution in [0.4, 0.5) is 5.69 Å². The van der Waals surface area contributed by atoms with Crippen molar-refractivity contribution in [1.82, 2.24) is 20.4 Å². The number of aromatic nitrogens is 2. The molecule has 0 saturated carbocycles. The van der Waals surface area contributed by atoms with Crippen molar-refractivity contribution in [3.05, 3.63) is 57.0 Å². The molecule has 9 heteroatoms. The Morgan fingerprint density at radius 1 is 1.15 bits per heavy atom. The van der Waals surface area contributed by atoms with Crippen LogP contribution in [0.2, 0.25) is 0 Å². The predicted octanol–water partition coefficient (Wildman–Crippen LogP) is 1.48. The van der Waals surface area contributed by atoms with E-state index in [1.54, 1.807) is 14.0 Å². The minimum absolute atomic E-state index is 0.0108. The standard InChI is InChI=1S/C18H19N5O3S/c1-10-4-6-12(7-5-10)19-8-13(24)21-22-16(25)15-11(2)14-17(27-15)20-9-23(3)18(14)26/h4-7,9,19H,8H2,1-3H3,(H,21,24)(H,22,25). The van der Waals surface area contributed by atoms with Gasteiger partial charge in [0, 0.05) is 12.7 Å². The van der Waals surface area contributed by atoms with Crippen LogP contribution in [0, 0.1) is 13.8 Å². The second-order valence-electron chi connectivity index (χ2n) is 6.12. The zero-order valence-corrected chi connectivity index (χ0v) is 15.9. The summed E-state index contributed by atoms with van der Waals surface area (Å²) in [5, 5.41) is 3.39. The number of hydrogen-bond donors (Lipinski definition) is 3. The highest BCUT2D eigenvalue weighted by atomic mass is 32.1. The van der Waals surface area contributed by atoms with Crippen molar-refractivity contribution in [2.75, 3.05) is 11.9 Å². The molecule has 2 amide bonds. The number of carbonyl (C=O) groups is 2. The van der Waals surface area contributed by atoms with E-state index < -0.39 is 11.8 Å². The zero-order chi connectivity index (χ0) is 19.6. The number of thiophene rings is 1. The Hall–Kier alpha value is -3.20. The van der Waals surface area contributed by atoms with Gasteiger partial charge in [-0.1, -0.05) is 17.7 Å². The maximum Gasteiger partial charge on any atom is 0.280 e. The molecule has 1 aromatic carbocycles. The quantitative estimate of drug-likeness (QED) is 0.590. The second-order valence-corrected chi connectivity index (χ2v) is 7.12. The summed E-state index contributed by atoms with van der Waals surface area (Å²) in [7, 11) is 1.60. The van der Waals surface area contributed by atoms with Crippen molar-refractivity contribution in [1.29, 1.82) is 0 Å². The maximum absolute atomic E-state index is 12.4. The average molecular weight is 385 g/mol. The third-order valence-electron chi connectivity index (χ3n) is 4.04. The molecule has 3 rings (SSSR count). The molecule has 140 valence electrons. The van der Waals surface area contributed by atoms with Gasteiger partial charge in [-0.3, -0.25) is 25.2 Å². The fourth-order valence-electron chi connectivity index (χ4n) is 2.51. The van der Waals surface area contributed by atoms with E-state index in [9.17, 15) is 14.4 Å². The highest BCUT2D eigenvalue weighted by Gasteiger charge is 2.19. The zero-order valence-electron chi connectivity index (χ0n) is 15.1. The predicted molar refractivity (Wildman–Crippen MR) is 105 cm³/mol. The van der Waals surface area contributed by atoms with Gasteiger partial charge >= 0.3 is 0 Å². The number of carbonyl (C=O) groups excluding carboxylic acids is 2. The fourth-order valence-corrected chi connectivity index (χ4v) is 3.54. The summed E-state index contributed by atoms with van der Waals surface area (Å²) in [6.07, 6.45) is 1.42. The minimum Gasteiger partial charge on any atom is -0.376 e. The van der Waals surface area contributed by atoms with Gasteiger partial charge < -0.3 is 9.88 Å². The molecule has 0 aliphatic rings. The van der Waals surface area contributed by atoms with Gasteiger partial charge in [0.2, 0.25) is 0 Å². The lowest BCUT2D eigenvalue weighted by molar-refractivity contribution is -0.120. The van der Waals surface area contributed by atoms with Crippen LogP contribution in [-0.2, 0) is 11.8 Å². The number of aryl methyl sites for hydroxylation is 3. The largest absolute Gasteiger partial charge is 0.376 e. The molecular formula is C18H19N5O3S. The highest BCUT2D eigenvalue weighted by molar-refractivity contribution is 7.20. The van der Waals surface area contributed by atoms with E-state index in [0.717, 1.165) is 22.6 Å². The maximum atomic E-state index is 12.4. The smallest absolute Gasteiger partial charge is 0.280 e. The van der Waals surface area contributed by atoms with Crippen LogP contribution in [0.1, 0.15) is 20.8 Å². The van der Waals surface area contributed by atoms with Crippen LogP contribution in [0.15, 0.2) is 35.4 Å². The van der Waals surface area contributed by atoms with E-state index in [0.29, 0.717) is 20.7 Å². The summed E-state index contributed by atoms with van der Waals surface area (Å²) in [6, 6.07) is 7.61. The molecule has 27 heavy (non-hydrogen) atoms. The summed E-state index contributed by atoms with van der Waals surface area (Å²) in [6.45, 7) is 3.68. The lowest BCUT2D eigenvalue weighted by Gasteiger charge is -2.09. The molecular weight excluding hydrogens is 366 g/mol. The Bertz CT molecular complexity index is 1070. The van der Waals surface area contributed by atoms with Crippen molar-refractivity contribution in [3.8, 4) is 0 Å². The van der Waals surface area contributed by atoms with E-state index in [1.165, 1.54) is 10.9 Å². The third kappa shape index (κ3) is 3.98. The Labute approximate surface area is 159 Å². The van der Waals surface area contributed by atoms with E-state index in [1.807, 2.05) is 31.2 Å². The second kappa shape index (κ2) is 7.58. The number of amides is 2. The van der Waals surface area contributed by atoms with Gasteiger partial charge in [-0.25, -0.2) is 4.98 Å². The van der Waals surface area contributed by atoms with Gasteiger partial charge in [0.15, 0.2) is 0 Å². The summed E-state index contributed by atoms with van der Waals surface area (Å²) in [4.78, 5) is 41.5. The molecule has 0 fully saturated rings. The average Bonchev–Trinajstić information content (AvgIpc) is 2.99. The van der Waals surface area contributed by atoms with Gasteiger partial charge in [0.25, 0.3) is 17.4 Å². The molecule has 0 radical (unpaired) electrons. The number of fused-ring (bicyclic) bond motifs is 1. The van der Waals surface area contributed by atoms with Crippen molar-refractivity contribution in [2.45, 2.75) is 13.8 Å². The van der Waals surface area contributed by atoms with Crippen molar-refractivity contribution in [3.63, 3.8) is 0 Å². The van der Waals surface area contributed by atoms with Crippen molar-refractivity contribution in [2.24, 2.45) is 7.05 Å². The normalized spacial score (nSPS) is 10.6. The Morgan fingerprint density at radius 2 is 1.85 bits per heavy atom. The molecule has 0 aliphatic heterocycles. The summed E-state index contributed by atoms with van der Waals surface area (Å²) >= 11 is 1.11. The number of nitrogens with zero attached hydrogens (tertiary/aromatic N) is 2. The van der Waals surface area contributed by atoms with E-state index in [4.69, 9.17) is 0 Å². The molecule has 0 spiro atoms. The van der Waals surface area contributed by atoms with Gasteiger partial charge in [-0.15, -0.1) is 11.3 Å². The first-order valence-electron chi connectivity index (χ1n) is 8.21. The molecule has 0 unspecified atom stereocenters. The molecule has 0 aliphatic carbocycles. The number of hydrazine groups is 1. The number of benzene rings is 1. The third-order valence-corrected chi connectivity index (χ3v) is 5.24. The summed E-state index contributed by atoms with van der Waals surface area (Å²) < 4.78 is 1.36. The monoisotopic (exact) mass is 385 g/mol. The lowest BCUT2D eigenvalue weighted by atomic mass is 10.2. The number of nitrogens with one attached hydrogen (secondary N) is 3. The molecule has 8 nitrogen and oxygen atoms in total. The molecule has 2 aromatic heterocycles. The van der Waals surface area contributed by atoms with Crippen LogP contribution in [0.5, 0.6) is 0 Å². The topological polar surface area (TPSA) is 105 Å². The minimum atomic E-state index is -0.485. The lowest BCUT2D eigenvalue weighted by Crippen LogP contribution is -2.44. The number of anilines is 1. The molecule has 3 N–H and O–H groups in total. The van der Waals surface area contributed by atoms with Gasteiger partial charge in [0.1, 0.15) is 4.83 Å². The SMILES string of the molecule is Cc1ccc(NCC(=O)NNC(=O)c2sc3ncn(C)c(=O)c3c2C)cc1. The molecule has 3 aromatic rings. The van der Waals surface area contributed by atoms with Crippen molar-refractivity contribution < 1.29 is 9.59 Å². The molecule has 0 bridgehead atoms. The van der Waals surface area contributed by atoms with Crippen LogP contribution in [-0.4, -0.2) is 27.9 Å². The molecule has 2 heterocycles. The summed E-state index contributed by atoms with van der Waals surface area (Å²) in [5.74, 6) is -0.877. The van der Waals surface area contributed by atoms with Gasteiger partial charge in [0.05, 0.1) is 23.1 Å². The van der Waals surface area contributed by atoms with Crippen LogP contribution >= 0.6 is 11.3 Å². The fraction of sp³-hybridized carbons (Fsp3) is 0.222. The first-order valence-corrected chi connectivity index (χ1v) is 9.03. The first kappa shape index (κ1) is 18.6. The van der Waals surface area contributed by atoms with Gasteiger partial charge in [-0.05, 0) is 31.5 Å². The highest BCUT2D eigenvalue weighted by Crippen LogP contribution is 2.26. The van der Waals surface area contributed by atoms with Crippen molar-refractivity contribution >= 4 is 39.1 Å². The molecule has 0 atom stereocenters. The number of hydrogen-bond acceptors (Lipinski definition) is 6. The Balaban J connectivity index is 1.62. The first-order chi connectivity index (χ1) is 12.9. The van der Waals surface area contributed by atoms with Crippen LogP contribution < -0.4 is 21.7 Å². The van der Waals surface area contributed by atoms with E-state index >= 15 is 0 Å². The molecule has 0 saturated heterocycles. The van der Waals surface area contributed by atoms with Gasteiger partial charge in [-0.2, -0.15) is 0 Å². The Morgan fingerprint density at radius 3 is 2.56 bits per heavy atom. The van der Waals surface area contributed by atoms with E-state index in [2.05, 4.69) is 21.2 Å². The summed E-state index contributed by atoms with van der Waals surface area (Å²) in [5.41, 5.74) is 7.01.